The molecule has 0 amide bonds. The van der Waals surface area contributed by atoms with Crippen LogP contribution in [0.4, 0.5) is 0 Å². The molecule has 0 radical (unpaired) electrons. The monoisotopic (exact) mass is 553 g/mol. The van der Waals surface area contributed by atoms with Gasteiger partial charge in [0.1, 0.15) is 23.0 Å². The Morgan fingerprint density at radius 2 is 1.76 bits per heavy atom. The second-order valence-electron chi connectivity index (χ2n) is 9.04. The van der Waals surface area contributed by atoms with Crippen molar-refractivity contribution in [2.45, 2.75) is 24.8 Å². The number of aryl methyl sites for hydroxylation is 1. The van der Waals surface area contributed by atoms with Crippen molar-refractivity contribution < 1.29 is 18.1 Å². The van der Waals surface area contributed by atoms with Gasteiger partial charge in [0.2, 0.25) is 0 Å². The van der Waals surface area contributed by atoms with Gasteiger partial charge < -0.3 is 10.0 Å². The van der Waals surface area contributed by atoms with Crippen molar-refractivity contribution in [3.63, 3.8) is 0 Å². The molecule has 0 spiro atoms. The lowest BCUT2D eigenvalue weighted by atomic mass is 10.0. The van der Waals surface area contributed by atoms with Gasteiger partial charge in [0.05, 0.1) is 11.4 Å². The molecule has 198 valence electrons. The molecule has 0 unspecified atom stereocenters. The van der Waals surface area contributed by atoms with Gasteiger partial charge in [-0.05, 0) is 50.8 Å². The zero-order valence-electron chi connectivity index (χ0n) is 21.2. The summed E-state index contributed by atoms with van der Waals surface area (Å²) < 4.78 is 32.1. The minimum absolute atomic E-state index is 0.187. The first-order valence-corrected chi connectivity index (χ1v) is 13.6. The van der Waals surface area contributed by atoms with E-state index < -0.39 is 10.1 Å². The average Bonchev–Trinajstić information content (AvgIpc) is 3.20. The molecule has 11 heteroatoms. The van der Waals surface area contributed by atoms with Crippen LogP contribution in [0.2, 0.25) is 5.02 Å². The third kappa shape index (κ3) is 6.28. The predicted octanol–water partition coefficient (Wildman–Crippen LogP) is 4.32. The van der Waals surface area contributed by atoms with Crippen molar-refractivity contribution in [3.8, 4) is 11.4 Å². The third-order valence-electron chi connectivity index (χ3n) is 5.91. The number of hydrogen-bond donors (Lipinski definition) is 2. The normalized spacial score (nSPS) is 12.6. The molecular weight excluding hydrogens is 526 g/mol. The zero-order valence-corrected chi connectivity index (χ0v) is 22.8. The highest BCUT2D eigenvalue weighted by Gasteiger charge is 2.23. The van der Waals surface area contributed by atoms with Crippen LogP contribution >= 0.6 is 11.6 Å². The zero-order chi connectivity index (χ0) is 27.4. The average molecular weight is 554 g/mol. The maximum atomic E-state index is 10.7. The van der Waals surface area contributed by atoms with E-state index in [2.05, 4.69) is 45.9 Å². The topological polar surface area (TPSA) is 121 Å². The number of benzene rings is 3. The summed E-state index contributed by atoms with van der Waals surface area (Å²) in [6.45, 7) is 2.93. The van der Waals surface area contributed by atoms with Gasteiger partial charge >= 0.3 is 0 Å². The van der Waals surface area contributed by atoms with E-state index in [1.165, 1.54) is 19.1 Å². The Morgan fingerprint density at radius 3 is 2.42 bits per heavy atom. The number of fused-ring (bicyclic) bond motifs is 3. The molecule has 0 atom stereocenters. The smallest absolute Gasteiger partial charge is 0.294 e. The summed E-state index contributed by atoms with van der Waals surface area (Å²) in [5.41, 5.74) is 4.45. The number of likely N-dealkylation sites (N-methyl/N-ethyl adjacent to an activating group) is 1. The molecule has 38 heavy (non-hydrogen) atoms. The van der Waals surface area contributed by atoms with Gasteiger partial charge in [-0.1, -0.05) is 48.0 Å². The number of hydrogen-bond acceptors (Lipinski definition) is 7. The van der Waals surface area contributed by atoms with Gasteiger partial charge in [-0.3, -0.25) is 14.1 Å². The summed E-state index contributed by atoms with van der Waals surface area (Å²) >= 11 is 6.32. The lowest BCUT2D eigenvalue weighted by Gasteiger charge is -2.15. The van der Waals surface area contributed by atoms with Crippen molar-refractivity contribution in [2.24, 2.45) is 4.99 Å². The number of aromatic nitrogens is 3. The lowest BCUT2D eigenvalue weighted by molar-refractivity contribution is 0.408. The molecule has 1 aromatic heterocycles. The van der Waals surface area contributed by atoms with E-state index in [4.69, 9.17) is 26.3 Å². The van der Waals surface area contributed by atoms with Gasteiger partial charge in [0, 0.05) is 35.2 Å². The highest BCUT2D eigenvalue weighted by Crippen LogP contribution is 2.28. The van der Waals surface area contributed by atoms with Gasteiger partial charge in [0.15, 0.2) is 5.82 Å². The number of aromatic hydroxyl groups is 1. The molecule has 2 heterocycles. The van der Waals surface area contributed by atoms with Crippen LogP contribution in [-0.4, -0.2) is 64.1 Å². The van der Waals surface area contributed by atoms with Crippen molar-refractivity contribution >= 4 is 27.4 Å². The number of aliphatic imine (C=N–C) groups is 1. The van der Waals surface area contributed by atoms with Crippen molar-refractivity contribution in [1.29, 1.82) is 0 Å². The molecule has 2 N–H and O–H groups in total. The molecular formula is C27H28ClN5O4S. The molecule has 0 aliphatic carbocycles. The van der Waals surface area contributed by atoms with Crippen molar-refractivity contribution in [1.82, 2.24) is 19.7 Å². The minimum atomic E-state index is -4.22. The number of phenols is 1. The Balaban J connectivity index is 0.000000236. The maximum absolute atomic E-state index is 10.7. The van der Waals surface area contributed by atoms with Gasteiger partial charge in [0.25, 0.3) is 10.1 Å². The van der Waals surface area contributed by atoms with E-state index in [0.29, 0.717) is 17.1 Å². The van der Waals surface area contributed by atoms with Gasteiger partial charge in [-0.15, -0.1) is 10.2 Å². The van der Waals surface area contributed by atoms with Crippen LogP contribution in [0.1, 0.15) is 28.3 Å². The Morgan fingerprint density at radius 1 is 1.03 bits per heavy atom. The summed E-state index contributed by atoms with van der Waals surface area (Å²) in [6, 6.07) is 19.9. The lowest BCUT2D eigenvalue weighted by Crippen LogP contribution is -2.18. The largest absolute Gasteiger partial charge is 0.508 e. The predicted molar refractivity (Wildman–Crippen MR) is 147 cm³/mol. The number of rotatable bonds is 5. The SMILES string of the molecule is CN(C)CCc1nnc2n1-c1ccc(Cl)cc1C(c1ccccc1)=NC2.Cc1ccc(O)cc1S(=O)(=O)O. The molecule has 0 fully saturated rings. The van der Waals surface area contributed by atoms with Crippen molar-refractivity contribution in [2.75, 3.05) is 20.6 Å². The van der Waals surface area contributed by atoms with Gasteiger partial charge in [-0.25, -0.2) is 0 Å². The molecule has 0 saturated carbocycles. The number of halogens is 1. The fourth-order valence-electron chi connectivity index (χ4n) is 4.06. The van der Waals surface area contributed by atoms with Crippen LogP contribution in [-0.2, 0) is 23.1 Å². The minimum Gasteiger partial charge on any atom is -0.508 e. The maximum Gasteiger partial charge on any atom is 0.294 e. The van der Waals surface area contributed by atoms with E-state index in [-0.39, 0.29) is 10.6 Å². The first-order valence-electron chi connectivity index (χ1n) is 11.8. The summed E-state index contributed by atoms with van der Waals surface area (Å²) in [7, 11) is -0.0969. The Kier molecular flexibility index (Phi) is 8.27. The standard InChI is InChI=1S/C20H20ClN5.C7H8O4S/c1-25(2)11-10-18-23-24-19-13-22-20(14-6-4-3-5-7-14)16-12-15(21)8-9-17(16)26(18)19;1-5-2-3-6(8)4-7(5)12(9,10)11/h3-9,12H,10-11,13H2,1-2H3;2-4,8H,1H3,(H,9,10,11). The summed E-state index contributed by atoms with van der Waals surface area (Å²) in [5, 5.41) is 18.4. The van der Waals surface area contributed by atoms with Crippen LogP contribution in [0.25, 0.3) is 5.69 Å². The van der Waals surface area contributed by atoms with E-state index >= 15 is 0 Å². The quantitative estimate of drug-likeness (QED) is 0.353. The van der Waals surface area contributed by atoms with Crippen LogP contribution < -0.4 is 0 Å². The van der Waals surface area contributed by atoms with Crippen LogP contribution in [0, 0.1) is 6.92 Å². The van der Waals surface area contributed by atoms with Crippen LogP contribution in [0.3, 0.4) is 0 Å². The van der Waals surface area contributed by atoms with Gasteiger partial charge in [-0.2, -0.15) is 8.42 Å². The van der Waals surface area contributed by atoms with E-state index in [1.807, 2.05) is 36.4 Å². The molecule has 5 rings (SSSR count). The van der Waals surface area contributed by atoms with E-state index in [9.17, 15) is 8.42 Å². The molecule has 0 bridgehead atoms. The first-order chi connectivity index (χ1) is 18.0. The highest BCUT2D eigenvalue weighted by atomic mass is 35.5. The van der Waals surface area contributed by atoms with E-state index in [1.54, 1.807) is 0 Å². The highest BCUT2D eigenvalue weighted by molar-refractivity contribution is 7.85. The number of phenolic OH excluding ortho intramolecular Hbond substituents is 1. The summed E-state index contributed by atoms with van der Waals surface area (Å²) in [6.07, 6.45) is 0.822. The molecule has 1 aliphatic rings. The second kappa shape index (κ2) is 11.4. The fraction of sp³-hybridized carbons (Fsp3) is 0.222. The second-order valence-corrected chi connectivity index (χ2v) is 10.9. The fourth-order valence-corrected chi connectivity index (χ4v) is 4.97. The Bertz CT molecular complexity index is 1580. The van der Waals surface area contributed by atoms with Crippen LogP contribution in [0.5, 0.6) is 5.75 Å². The first kappa shape index (κ1) is 27.5. The summed E-state index contributed by atoms with van der Waals surface area (Å²) in [4.78, 5) is 6.73. The summed E-state index contributed by atoms with van der Waals surface area (Å²) in [5.74, 6) is 1.61. The van der Waals surface area contributed by atoms with Crippen molar-refractivity contribution in [3.05, 3.63) is 100 Å². The molecule has 0 saturated heterocycles. The number of nitrogens with zero attached hydrogens (tertiary/aromatic N) is 5. The van der Waals surface area contributed by atoms with Crippen LogP contribution in [0.15, 0.2) is 76.6 Å². The molecule has 1 aliphatic heterocycles. The Labute approximate surface area is 226 Å². The molecule has 9 nitrogen and oxygen atoms in total. The van der Waals surface area contributed by atoms with E-state index in [0.717, 1.165) is 53.2 Å². The third-order valence-corrected chi connectivity index (χ3v) is 7.14. The Hall–Kier alpha value is -3.57. The molecule has 3 aromatic carbocycles. The molecule has 4 aromatic rings.